The third kappa shape index (κ3) is 3.92. The molecule has 0 aromatic rings. The Morgan fingerprint density at radius 2 is 2.15 bits per heavy atom. The van der Waals surface area contributed by atoms with E-state index in [0.29, 0.717) is 12.3 Å². The van der Waals surface area contributed by atoms with Gasteiger partial charge < -0.3 is 10.4 Å². The highest BCUT2D eigenvalue weighted by Gasteiger charge is 2.24. The summed E-state index contributed by atoms with van der Waals surface area (Å²) >= 11 is 0. The minimum absolute atomic E-state index is 0.0180. The summed E-state index contributed by atoms with van der Waals surface area (Å²) in [5.41, 5.74) is 0. The molecule has 0 radical (unpaired) electrons. The molecule has 0 spiro atoms. The number of carbonyl (C=O) groups is 2. The fourth-order valence-corrected chi connectivity index (χ4v) is 1.01. The number of carbonyl (C=O) groups excluding carboxylic acids is 1. The molecule has 0 heterocycles. The average molecular weight is 185 g/mol. The van der Waals surface area contributed by atoms with Crippen LogP contribution in [0.5, 0.6) is 0 Å². The Morgan fingerprint density at radius 1 is 1.54 bits per heavy atom. The molecule has 4 nitrogen and oxygen atoms in total. The van der Waals surface area contributed by atoms with Crippen molar-refractivity contribution in [1.29, 1.82) is 0 Å². The first-order valence-corrected chi connectivity index (χ1v) is 4.59. The van der Waals surface area contributed by atoms with Crippen molar-refractivity contribution in [2.24, 2.45) is 11.8 Å². The van der Waals surface area contributed by atoms with E-state index in [-0.39, 0.29) is 12.5 Å². The summed E-state index contributed by atoms with van der Waals surface area (Å²) in [6, 6.07) is 0. The second-order valence-corrected chi connectivity index (χ2v) is 3.69. The van der Waals surface area contributed by atoms with Gasteiger partial charge in [-0.1, -0.05) is 6.92 Å². The fraction of sp³-hybridized carbons (Fsp3) is 0.778. The first-order valence-electron chi connectivity index (χ1n) is 4.59. The molecule has 0 bridgehead atoms. The Morgan fingerprint density at radius 3 is 2.62 bits per heavy atom. The summed E-state index contributed by atoms with van der Waals surface area (Å²) in [6.07, 6.45) is 2.84. The zero-order valence-electron chi connectivity index (χ0n) is 7.75. The second-order valence-electron chi connectivity index (χ2n) is 3.69. The Labute approximate surface area is 77.3 Å². The van der Waals surface area contributed by atoms with E-state index >= 15 is 0 Å². The van der Waals surface area contributed by atoms with Gasteiger partial charge in [-0.25, -0.2) is 0 Å². The predicted molar refractivity (Wildman–Crippen MR) is 47.2 cm³/mol. The number of carboxylic acids is 1. The molecule has 1 unspecified atom stereocenters. The lowest BCUT2D eigenvalue weighted by Crippen LogP contribution is -2.31. The van der Waals surface area contributed by atoms with Gasteiger partial charge in [0.25, 0.3) is 0 Å². The van der Waals surface area contributed by atoms with Crippen LogP contribution in [0.1, 0.15) is 26.2 Å². The molecule has 1 atom stereocenters. The van der Waals surface area contributed by atoms with E-state index in [1.807, 2.05) is 0 Å². The van der Waals surface area contributed by atoms with Crippen molar-refractivity contribution in [3.8, 4) is 0 Å². The maximum absolute atomic E-state index is 11.1. The zero-order chi connectivity index (χ0) is 9.84. The van der Waals surface area contributed by atoms with Crippen LogP contribution in [0.25, 0.3) is 0 Å². The van der Waals surface area contributed by atoms with Gasteiger partial charge in [0.05, 0.1) is 5.92 Å². The summed E-state index contributed by atoms with van der Waals surface area (Å²) in [4.78, 5) is 21.5. The second kappa shape index (κ2) is 4.25. The van der Waals surface area contributed by atoms with E-state index in [4.69, 9.17) is 5.11 Å². The average Bonchev–Trinajstić information content (AvgIpc) is 2.83. The molecule has 1 rings (SSSR count). The number of hydrogen-bond donors (Lipinski definition) is 2. The Balaban J connectivity index is 2.09. The normalized spacial score (nSPS) is 17.9. The maximum Gasteiger partial charge on any atom is 0.308 e. The van der Waals surface area contributed by atoms with Crippen molar-refractivity contribution in [1.82, 2.24) is 5.32 Å². The monoisotopic (exact) mass is 185 g/mol. The van der Waals surface area contributed by atoms with Crippen molar-refractivity contribution in [3.05, 3.63) is 0 Å². The van der Waals surface area contributed by atoms with Crippen LogP contribution >= 0.6 is 0 Å². The summed E-state index contributed by atoms with van der Waals surface area (Å²) in [7, 11) is 0. The van der Waals surface area contributed by atoms with Crippen molar-refractivity contribution < 1.29 is 14.7 Å². The molecule has 74 valence electrons. The lowest BCUT2D eigenvalue weighted by Gasteiger charge is -2.07. The van der Waals surface area contributed by atoms with Crippen LogP contribution < -0.4 is 5.32 Å². The maximum atomic E-state index is 11.1. The molecule has 4 heteroatoms. The highest BCUT2D eigenvalue weighted by molar-refractivity contribution is 5.77. The van der Waals surface area contributed by atoms with E-state index < -0.39 is 11.9 Å². The van der Waals surface area contributed by atoms with Crippen molar-refractivity contribution >= 4 is 11.9 Å². The topological polar surface area (TPSA) is 66.4 Å². The summed E-state index contributed by atoms with van der Waals surface area (Å²) in [5, 5.41) is 11.2. The molecule has 1 amide bonds. The molecule has 1 aliphatic carbocycles. The number of aliphatic carboxylic acids is 1. The van der Waals surface area contributed by atoms with Gasteiger partial charge in [0.2, 0.25) is 5.91 Å². The molecule has 0 aromatic carbocycles. The first kappa shape index (κ1) is 10.0. The smallest absolute Gasteiger partial charge is 0.308 e. The zero-order valence-corrected chi connectivity index (χ0v) is 7.75. The van der Waals surface area contributed by atoms with Crippen LogP contribution in [-0.4, -0.2) is 23.5 Å². The molecule has 1 aliphatic rings. The molecule has 0 aliphatic heterocycles. The number of carboxylic acid groups (broad SMARTS) is 1. The van der Waals surface area contributed by atoms with Gasteiger partial charge in [-0.2, -0.15) is 0 Å². The number of rotatable bonds is 5. The molecule has 2 N–H and O–H groups in total. The fourth-order valence-electron chi connectivity index (χ4n) is 1.01. The quantitative estimate of drug-likeness (QED) is 0.660. The van der Waals surface area contributed by atoms with E-state index in [9.17, 15) is 9.59 Å². The number of hydrogen-bond acceptors (Lipinski definition) is 2. The van der Waals surface area contributed by atoms with Gasteiger partial charge in [0.1, 0.15) is 0 Å². The molecule has 0 saturated heterocycles. The molecule has 0 aromatic heterocycles. The van der Waals surface area contributed by atoms with Crippen LogP contribution in [0.3, 0.4) is 0 Å². The third-order valence-electron chi connectivity index (χ3n) is 2.20. The van der Waals surface area contributed by atoms with Gasteiger partial charge in [-0.3, -0.25) is 9.59 Å². The van der Waals surface area contributed by atoms with Crippen molar-refractivity contribution in [2.75, 3.05) is 6.54 Å². The summed E-state index contributed by atoms with van der Waals surface area (Å²) in [5.74, 6) is -0.828. The van der Waals surface area contributed by atoms with Gasteiger partial charge in [-0.15, -0.1) is 0 Å². The number of amides is 1. The van der Waals surface area contributed by atoms with E-state index in [1.165, 1.54) is 0 Å². The van der Waals surface area contributed by atoms with Crippen molar-refractivity contribution in [2.45, 2.75) is 26.2 Å². The minimum atomic E-state index is -0.869. The third-order valence-corrected chi connectivity index (χ3v) is 2.20. The lowest BCUT2D eigenvalue weighted by molar-refractivity contribution is -0.141. The van der Waals surface area contributed by atoms with Crippen LogP contribution in [0.4, 0.5) is 0 Å². The summed E-state index contributed by atoms with van der Waals surface area (Å²) in [6.45, 7) is 1.82. The first-order chi connectivity index (χ1) is 6.09. The van der Waals surface area contributed by atoms with Crippen LogP contribution in [0.15, 0.2) is 0 Å². The summed E-state index contributed by atoms with van der Waals surface area (Å²) < 4.78 is 0. The lowest BCUT2D eigenvalue weighted by atomic mass is 10.2. The molecule has 1 saturated carbocycles. The number of nitrogens with one attached hydrogen (secondary N) is 1. The van der Waals surface area contributed by atoms with Crippen LogP contribution in [-0.2, 0) is 9.59 Å². The van der Waals surface area contributed by atoms with E-state index in [0.717, 1.165) is 12.8 Å². The Hall–Kier alpha value is -1.06. The standard InChI is InChI=1S/C9H15NO3/c1-6(9(12)13)5-10-8(11)4-7-2-3-7/h6-7H,2-5H2,1H3,(H,10,11)(H,12,13). The van der Waals surface area contributed by atoms with E-state index in [1.54, 1.807) is 6.92 Å². The largest absolute Gasteiger partial charge is 0.481 e. The molecular weight excluding hydrogens is 170 g/mol. The predicted octanol–water partition coefficient (Wildman–Crippen LogP) is 0.623. The van der Waals surface area contributed by atoms with Gasteiger partial charge in [0.15, 0.2) is 0 Å². The SMILES string of the molecule is CC(CNC(=O)CC1CC1)C(=O)O. The van der Waals surface area contributed by atoms with Crippen LogP contribution in [0, 0.1) is 11.8 Å². The molecular formula is C9H15NO3. The highest BCUT2D eigenvalue weighted by Crippen LogP contribution is 2.31. The minimum Gasteiger partial charge on any atom is -0.481 e. The van der Waals surface area contributed by atoms with Gasteiger partial charge >= 0.3 is 5.97 Å². The van der Waals surface area contributed by atoms with Crippen LogP contribution in [0.2, 0.25) is 0 Å². The van der Waals surface area contributed by atoms with Gasteiger partial charge in [0, 0.05) is 13.0 Å². The Kier molecular flexibility index (Phi) is 3.28. The van der Waals surface area contributed by atoms with E-state index in [2.05, 4.69) is 5.32 Å². The van der Waals surface area contributed by atoms with Crippen molar-refractivity contribution in [3.63, 3.8) is 0 Å². The van der Waals surface area contributed by atoms with Gasteiger partial charge in [-0.05, 0) is 18.8 Å². The molecule has 13 heavy (non-hydrogen) atoms. The Bertz CT molecular complexity index is 211. The highest BCUT2D eigenvalue weighted by atomic mass is 16.4. The molecule has 1 fully saturated rings.